The fraction of sp³-hybridized carbons (Fsp3) is 0.0714. The standard InChI is InChI=1S/C8H6O4.C4H4O4.C2H4O2/c9-7(10)5-3-1-2-4-6(5)8(11)12;5-3(6)1-2-4(7)8;1-2(3)4/h1-4H,(H,9,10)(H,11,12);1-2H,(H,5,6)(H,7,8);1H3,(H,3,4)/b;2-1-;. The van der Waals surface area contributed by atoms with Gasteiger partial charge in [0.15, 0.2) is 0 Å². The van der Waals surface area contributed by atoms with E-state index in [1.54, 1.807) is 0 Å². The van der Waals surface area contributed by atoms with Crippen molar-refractivity contribution in [2.24, 2.45) is 0 Å². The van der Waals surface area contributed by atoms with Gasteiger partial charge < -0.3 is 25.5 Å². The van der Waals surface area contributed by atoms with E-state index >= 15 is 0 Å². The third-order valence-corrected chi connectivity index (χ3v) is 1.76. The van der Waals surface area contributed by atoms with Crippen LogP contribution in [0.4, 0.5) is 0 Å². The van der Waals surface area contributed by atoms with Crippen molar-refractivity contribution in [1.29, 1.82) is 0 Å². The van der Waals surface area contributed by atoms with Crippen LogP contribution in [0.15, 0.2) is 36.4 Å². The van der Waals surface area contributed by atoms with Crippen molar-refractivity contribution in [3.05, 3.63) is 47.5 Å². The van der Waals surface area contributed by atoms with E-state index in [9.17, 15) is 19.2 Å². The zero-order valence-corrected chi connectivity index (χ0v) is 12.2. The molecule has 1 rings (SSSR count). The molecule has 0 atom stereocenters. The predicted octanol–water partition coefficient (Wildman–Crippen LogP) is 0.886. The van der Waals surface area contributed by atoms with E-state index in [1.807, 2.05) is 0 Å². The lowest BCUT2D eigenvalue weighted by Gasteiger charge is -1.98. The van der Waals surface area contributed by atoms with Crippen molar-refractivity contribution in [2.75, 3.05) is 0 Å². The van der Waals surface area contributed by atoms with Gasteiger partial charge >= 0.3 is 23.9 Å². The van der Waals surface area contributed by atoms with E-state index in [1.165, 1.54) is 24.3 Å². The monoisotopic (exact) mass is 342 g/mol. The number of rotatable bonds is 4. The van der Waals surface area contributed by atoms with Crippen LogP contribution in [0.25, 0.3) is 0 Å². The molecule has 24 heavy (non-hydrogen) atoms. The quantitative estimate of drug-likeness (QED) is 0.491. The highest BCUT2D eigenvalue weighted by molar-refractivity contribution is 6.01. The first-order valence-electron chi connectivity index (χ1n) is 5.88. The van der Waals surface area contributed by atoms with Gasteiger partial charge in [0.2, 0.25) is 0 Å². The van der Waals surface area contributed by atoms with Gasteiger partial charge in [-0.2, -0.15) is 0 Å². The number of hydrogen-bond donors (Lipinski definition) is 5. The summed E-state index contributed by atoms with van der Waals surface area (Å²) in [6.45, 7) is 1.08. The van der Waals surface area contributed by atoms with Gasteiger partial charge in [0.25, 0.3) is 5.97 Å². The summed E-state index contributed by atoms with van der Waals surface area (Å²) in [6.07, 6.45) is 1.12. The van der Waals surface area contributed by atoms with Crippen molar-refractivity contribution in [1.82, 2.24) is 0 Å². The second-order valence-corrected chi connectivity index (χ2v) is 3.68. The molecule has 0 unspecified atom stereocenters. The average molecular weight is 342 g/mol. The van der Waals surface area contributed by atoms with Gasteiger partial charge in [0.1, 0.15) is 0 Å². The third-order valence-electron chi connectivity index (χ3n) is 1.76. The van der Waals surface area contributed by atoms with Gasteiger partial charge in [-0.1, -0.05) is 12.1 Å². The summed E-state index contributed by atoms with van der Waals surface area (Å²) >= 11 is 0. The van der Waals surface area contributed by atoms with Crippen LogP contribution in [0.1, 0.15) is 27.6 Å². The number of aliphatic carboxylic acids is 3. The molecule has 0 bridgehead atoms. The molecule has 0 aliphatic heterocycles. The molecule has 0 aromatic heterocycles. The zero-order chi connectivity index (χ0) is 19.3. The smallest absolute Gasteiger partial charge is 0.336 e. The van der Waals surface area contributed by atoms with Crippen LogP contribution in [-0.2, 0) is 14.4 Å². The third kappa shape index (κ3) is 13.3. The van der Waals surface area contributed by atoms with Crippen LogP contribution in [0.3, 0.4) is 0 Å². The molecule has 0 aliphatic rings. The highest BCUT2D eigenvalue weighted by Gasteiger charge is 2.13. The molecule has 0 spiro atoms. The summed E-state index contributed by atoms with van der Waals surface area (Å²) in [5.41, 5.74) is -0.380. The van der Waals surface area contributed by atoms with Crippen molar-refractivity contribution in [3.8, 4) is 0 Å². The maximum absolute atomic E-state index is 10.5. The SMILES string of the molecule is CC(=O)O.O=C(O)/C=C\C(=O)O.O=C(O)c1ccccc1C(=O)O. The van der Waals surface area contributed by atoms with E-state index in [-0.39, 0.29) is 11.1 Å². The van der Waals surface area contributed by atoms with E-state index in [2.05, 4.69) is 0 Å². The molecule has 130 valence electrons. The molecular weight excluding hydrogens is 328 g/mol. The van der Waals surface area contributed by atoms with Crippen LogP contribution >= 0.6 is 0 Å². The fourth-order valence-corrected chi connectivity index (χ4v) is 0.999. The Balaban J connectivity index is 0. The van der Waals surface area contributed by atoms with E-state index < -0.39 is 29.8 Å². The van der Waals surface area contributed by atoms with Crippen molar-refractivity contribution >= 4 is 29.8 Å². The first-order valence-corrected chi connectivity index (χ1v) is 5.88. The van der Waals surface area contributed by atoms with Gasteiger partial charge in [0, 0.05) is 19.1 Å². The second-order valence-electron chi connectivity index (χ2n) is 3.68. The minimum atomic E-state index is -1.26. The van der Waals surface area contributed by atoms with Gasteiger partial charge in [-0.25, -0.2) is 19.2 Å². The van der Waals surface area contributed by atoms with Crippen molar-refractivity contribution in [2.45, 2.75) is 6.92 Å². The summed E-state index contributed by atoms with van der Waals surface area (Å²) in [5, 5.41) is 40.1. The molecule has 1 aromatic rings. The Bertz CT molecular complexity index is 592. The summed E-state index contributed by atoms with van der Waals surface area (Å²) in [4.78, 5) is 49.0. The molecular formula is C14H14O10. The van der Waals surface area contributed by atoms with Gasteiger partial charge in [-0.15, -0.1) is 0 Å². The van der Waals surface area contributed by atoms with Gasteiger partial charge in [0.05, 0.1) is 11.1 Å². The van der Waals surface area contributed by atoms with Crippen LogP contribution in [0.2, 0.25) is 0 Å². The molecule has 0 saturated carbocycles. The summed E-state index contributed by atoms with van der Waals surface area (Å²) in [6, 6.07) is 5.48. The maximum Gasteiger partial charge on any atom is 0.336 e. The van der Waals surface area contributed by atoms with Crippen LogP contribution in [-0.4, -0.2) is 55.4 Å². The fourth-order valence-electron chi connectivity index (χ4n) is 0.999. The van der Waals surface area contributed by atoms with Crippen LogP contribution < -0.4 is 0 Å². The van der Waals surface area contributed by atoms with Crippen LogP contribution in [0.5, 0.6) is 0 Å². The van der Waals surface area contributed by atoms with Crippen molar-refractivity contribution < 1.29 is 49.5 Å². The Hall–Kier alpha value is -3.69. The lowest BCUT2D eigenvalue weighted by atomic mass is 10.1. The number of carboxylic acid groups (broad SMARTS) is 5. The molecule has 0 fully saturated rings. The van der Waals surface area contributed by atoms with E-state index in [0.29, 0.717) is 12.2 Å². The summed E-state index contributed by atoms with van der Waals surface area (Å²) in [7, 11) is 0. The first kappa shape index (κ1) is 22.6. The minimum Gasteiger partial charge on any atom is -0.481 e. The Morgan fingerprint density at radius 1 is 0.708 bits per heavy atom. The maximum atomic E-state index is 10.5. The summed E-state index contributed by atoms with van der Waals surface area (Å²) < 4.78 is 0. The number of hydrogen-bond acceptors (Lipinski definition) is 5. The lowest BCUT2D eigenvalue weighted by Crippen LogP contribution is -2.06. The number of aromatic carboxylic acids is 2. The molecule has 0 radical (unpaired) electrons. The Morgan fingerprint density at radius 3 is 1.12 bits per heavy atom. The largest absolute Gasteiger partial charge is 0.481 e. The summed E-state index contributed by atoms with van der Waals surface area (Å²) in [5.74, 6) is -5.80. The molecule has 1 aromatic carbocycles. The van der Waals surface area contributed by atoms with Gasteiger partial charge in [-0.05, 0) is 12.1 Å². The Kier molecular flexibility index (Phi) is 11.2. The molecule has 10 heteroatoms. The topological polar surface area (TPSA) is 186 Å². The predicted molar refractivity (Wildman–Crippen MR) is 78.1 cm³/mol. The molecule has 0 aliphatic carbocycles. The zero-order valence-electron chi connectivity index (χ0n) is 12.2. The van der Waals surface area contributed by atoms with Gasteiger partial charge in [-0.3, -0.25) is 4.79 Å². The molecule has 0 saturated heterocycles. The molecule has 0 heterocycles. The number of benzene rings is 1. The second kappa shape index (κ2) is 11.9. The highest BCUT2D eigenvalue weighted by Crippen LogP contribution is 2.07. The number of carboxylic acids is 5. The molecule has 10 nitrogen and oxygen atoms in total. The first-order chi connectivity index (χ1) is 11.0. The molecule has 5 N–H and O–H groups in total. The number of carbonyl (C=O) groups is 5. The highest BCUT2D eigenvalue weighted by atomic mass is 16.4. The minimum absolute atomic E-state index is 0.190. The van der Waals surface area contributed by atoms with E-state index in [0.717, 1.165) is 6.92 Å². The molecule has 0 amide bonds. The average Bonchev–Trinajstić information content (AvgIpc) is 2.45. The van der Waals surface area contributed by atoms with Crippen molar-refractivity contribution in [3.63, 3.8) is 0 Å². The Morgan fingerprint density at radius 2 is 0.958 bits per heavy atom. The Labute approximate surface area is 134 Å². The van der Waals surface area contributed by atoms with Crippen LogP contribution in [0, 0.1) is 0 Å². The lowest BCUT2D eigenvalue weighted by molar-refractivity contribution is -0.134. The normalized spacial score (nSPS) is 8.88. The van der Waals surface area contributed by atoms with E-state index in [4.69, 9.17) is 30.3 Å².